The molecule has 0 saturated heterocycles. The summed E-state index contributed by atoms with van der Waals surface area (Å²) < 4.78 is 87.1. The van der Waals surface area contributed by atoms with Gasteiger partial charge in [0.05, 0.1) is 6.17 Å². The molecule has 0 aromatic heterocycles. The molecule has 0 bridgehead atoms. The third-order valence-corrected chi connectivity index (χ3v) is 5.85. The molecule has 6 nitrogen and oxygen atoms in total. The van der Waals surface area contributed by atoms with Crippen molar-refractivity contribution >= 4 is 14.9 Å². The highest BCUT2D eigenvalue weighted by Gasteiger charge is 2.43. The number of ether oxygens (including phenoxy) is 1. The Hall–Kier alpha value is -1.76. The molecule has 1 amide bonds. The number of halogens is 5. The normalized spacial score (nSPS) is 12.0. The number of amides is 1. The van der Waals surface area contributed by atoms with E-state index in [1.54, 1.807) is 27.7 Å². The molecule has 27 heavy (non-hydrogen) atoms. The van der Waals surface area contributed by atoms with Crippen LogP contribution in [-0.4, -0.2) is 40.4 Å². The van der Waals surface area contributed by atoms with Crippen molar-refractivity contribution in [3.05, 3.63) is 29.1 Å². The molecule has 12 heteroatoms. The summed E-state index contributed by atoms with van der Waals surface area (Å²) in [5.74, 6) is -13.1. The Labute approximate surface area is 153 Å². The van der Waals surface area contributed by atoms with Crippen LogP contribution in [0.4, 0.5) is 26.7 Å². The van der Waals surface area contributed by atoms with Crippen LogP contribution in [0.2, 0.25) is 0 Å². The average Bonchev–Trinajstić information content (AvgIpc) is 2.59. The summed E-state index contributed by atoms with van der Waals surface area (Å²) in [6.45, 7) is 6.77. The first kappa shape index (κ1) is 23.3. The SMILES string of the molecule is CO[Si](CNC(=O)Oc1c(F)c(F)c(F)c(F)c1F)(OC(C)C)OC(C)C. The predicted octanol–water partition coefficient (Wildman–Crippen LogP) is 3.45. The second-order valence-electron chi connectivity index (χ2n) is 5.86. The fraction of sp³-hybridized carbons (Fsp3) is 0.533. The zero-order valence-corrected chi connectivity index (χ0v) is 16.3. The highest BCUT2D eigenvalue weighted by molar-refractivity contribution is 6.61. The van der Waals surface area contributed by atoms with Gasteiger partial charge in [0.15, 0.2) is 0 Å². The molecule has 1 N–H and O–H groups in total. The van der Waals surface area contributed by atoms with E-state index in [-0.39, 0.29) is 18.4 Å². The molecule has 0 saturated carbocycles. The Morgan fingerprint density at radius 1 is 0.889 bits per heavy atom. The Bertz CT molecular complexity index is 650. The van der Waals surface area contributed by atoms with E-state index in [0.717, 1.165) is 0 Å². The topological polar surface area (TPSA) is 66.0 Å². The molecule has 0 spiro atoms. The van der Waals surface area contributed by atoms with Crippen LogP contribution in [0, 0.1) is 29.1 Å². The van der Waals surface area contributed by atoms with E-state index in [2.05, 4.69) is 10.1 Å². The highest BCUT2D eigenvalue weighted by atomic mass is 28.4. The molecule has 0 atom stereocenters. The molecule has 0 aliphatic carbocycles. The monoisotopic (exact) mass is 417 g/mol. The number of benzene rings is 1. The third-order valence-electron chi connectivity index (χ3n) is 2.96. The van der Waals surface area contributed by atoms with Gasteiger partial charge >= 0.3 is 14.9 Å². The van der Waals surface area contributed by atoms with Gasteiger partial charge in [-0.3, -0.25) is 0 Å². The van der Waals surface area contributed by atoms with Crippen LogP contribution in [0.3, 0.4) is 0 Å². The highest BCUT2D eigenvalue weighted by Crippen LogP contribution is 2.29. The van der Waals surface area contributed by atoms with Gasteiger partial charge in [0.2, 0.25) is 34.8 Å². The number of carbonyl (C=O) groups is 1. The Morgan fingerprint density at radius 2 is 1.30 bits per heavy atom. The van der Waals surface area contributed by atoms with Crippen molar-refractivity contribution in [3.63, 3.8) is 0 Å². The molecular weight excluding hydrogens is 397 g/mol. The van der Waals surface area contributed by atoms with Crippen LogP contribution in [0.5, 0.6) is 5.75 Å². The third kappa shape index (κ3) is 5.86. The first-order valence-corrected chi connectivity index (χ1v) is 9.75. The van der Waals surface area contributed by atoms with Crippen LogP contribution < -0.4 is 10.1 Å². The van der Waals surface area contributed by atoms with Crippen LogP contribution in [0.1, 0.15) is 27.7 Å². The molecule has 0 radical (unpaired) electrons. The lowest BCUT2D eigenvalue weighted by Gasteiger charge is -2.31. The van der Waals surface area contributed by atoms with Crippen molar-refractivity contribution in [2.75, 3.05) is 13.3 Å². The minimum Gasteiger partial charge on any atom is -0.404 e. The van der Waals surface area contributed by atoms with Gasteiger partial charge in [0, 0.05) is 19.3 Å². The molecule has 1 aromatic rings. The van der Waals surface area contributed by atoms with Crippen LogP contribution in [0.25, 0.3) is 0 Å². The van der Waals surface area contributed by atoms with Crippen molar-refractivity contribution in [1.82, 2.24) is 5.32 Å². The fourth-order valence-electron chi connectivity index (χ4n) is 1.98. The number of hydrogen-bond acceptors (Lipinski definition) is 5. The van der Waals surface area contributed by atoms with Crippen molar-refractivity contribution < 1.29 is 44.8 Å². The molecular formula is C15H20F5NO5Si. The molecule has 0 aliphatic rings. The van der Waals surface area contributed by atoms with Crippen molar-refractivity contribution in [2.45, 2.75) is 39.9 Å². The quantitative estimate of drug-likeness (QED) is 0.304. The standard InChI is InChI=1S/C15H20F5NO5Si/c1-7(2)25-27(23-5,26-8(3)4)6-21-15(22)24-14-12(19)10(17)9(16)11(18)13(14)20/h7-8H,6H2,1-5H3,(H,21,22). The Balaban J connectivity index is 2.96. The molecule has 0 fully saturated rings. The summed E-state index contributed by atoms with van der Waals surface area (Å²) >= 11 is 0. The number of rotatable bonds is 8. The molecule has 0 unspecified atom stereocenters. The largest absolute Gasteiger partial charge is 0.521 e. The number of carbonyl (C=O) groups excluding carboxylic acids is 1. The van der Waals surface area contributed by atoms with Gasteiger partial charge in [-0.1, -0.05) is 0 Å². The second kappa shape index (κ2) is 9.44. The first-order valence-electron chi connectivity index (χ1n) is 7.82. The van der Waals surface area contributed by atoms with Gasteiger partial charge in [-0.25, -0.2) is 18.0 Å². The molecule has 1 rings (SSSR count). The summed E-state index contributed by atoms with van der Waals surface area (Å²) in [5, 5.41) is 2.10. The van der Waals surface area contributed by atoms with E-state index in [0.29, 0.717) is 0 Å². The Morgan fingerprint density at radius 3 is 1.67 bits per heavy atom. The molecule has 0 aliphatic heterocycles. The van der Waals surface area contributed by atoms with Gasteiger partial charge in [0.1, 0.15) is 0 Å². The zero-order valence-electron chi connectivity index (χ0n) is 15.3. The maximum atomic E-state index is 13.6. The summed E-state index contributed by atoms with van der Waals surface area (Å²) in [7, 11) is -2.16. The number of nitrogens with one attached hydrogen (secondary N) is 1. The van der Waals surface area contributed by atoms with E-state index < -0.39 is 49.7 Å². The van der Waals surface area contributed by atoms with E-state index in [9.17, 15) is 26.7 Å². The van der Waals surface area contributed by atoms with Gasteiger partial charge in [0.25, 0.3) is 0 Å². The van der Waals surface area contributed by atoms with Gasteiger partial charge in [-0.05, 0) is 27.7 Å². The van der Waals surface area contributed by atoms with Crippen molar-refractivity contribution in [2.24, 2.45) is 0 Å². The lowest BCUT2D eigenvalue weighted by atomic mass is 10.3. The molecule has 1 aromatic carbocycles. The maximum Gasteiger partial charge on any atom is 0.521 e. The summed E-state index contributed by atoms with van der Waals surface area (Å²) in [4.78, 5) is 11.8. The second-order valence-corrected chi connectivity index (χ2v) is 8.46. The van der Waals surface area contributed by atoms with E-state index in [1.807, 2.05) is 0 Å². The van der Waals surface area contributed by atoms with Gasteiger partial charge in [-0.2, -0.15) is 8.78 Å². The first-order chi connectivity index (χ1) is 12.4. The summed E-state index contributed by atoms with van der Waals surface area (Å²) in [6, 6.07) is 0. The van der Waals surface area contributed by atoms with Gasteiger partial charge < -0.3 is 23.3 Å². The number of hydrogen-bond donors (Lipinski definition) is 1. The fourth-order valence-corrected chi connectivity index (χ4v) is 4.34. The minimum atomic E-state index is -3.44. The van der Waals surface area contributed by atoms with Crippen molar-refractivity contribution in [3.8, 4) is 5.75 Å². The van der Waals surface area contributed by atoms with Crippen molar-refractivity contribution in [1.29, 1.82) is 0 Å². The Kier molecular flexibility index (Phi) is 8.14. The predicted molar refractivity (Wildman–Crippen MR) is 85.5 cm³/mol. The van der Waals surface area contributed by atoms with Crippen LogP contribution >= 0.6 is 0 Å². The summed E-state index contributed by atoms with van der Waals surface area (Å²) in [5.41, 5.74) is 0. The average molecular weight is 417 g/mol. The summed E-state index contributed by atoms with van der Waals surface area (Å²) in [6.07, 6.45) is -2.53. The lowest BCUT2D eigenvalue weighted by Crippen LogP contribution is -2.57. The zero-order chi connectivity index (χ0) is 20.9. The minimum absolute atomic E-state index is 0.344. The smallest absolute Gasteiger partial charge is 0.404 e. The van der Waals surface area contributed by atoms with E-state index in [1.165, 1.54) is 7.11 Å². The van der Waals surface area contributed by atoms with E-state index in [4.69, 9.17) is 13.3 Å². The lowest BCUT2D eigenvalue weighted by molar-refractivity contribution is 0.0319. The van der Waals surface area contributed by atoms with Crippen LogP contribution in [0.15, 0.2) is 0 Å². The van der Waals surface area contributed by atoms with Crippen LogP contribution in [-0.2, 0) is 13.3 Å². The maximum absolute atomic E-state index is 13.6. The van der Waals surface area contributed by atoms with Gasteiger partial charge in [-0.15, -0.1) is 0 Å². The molecule has 154 valence electrons. The van der Waals surface area contributed by atoms with E-state index >= 15 is 0 Å². The molecule has 0 heterocycles.